The molecule has 43 heavy (non-hydrogen) atoms. The van der Waals surface area contributed by atoms with Crippen LogP contribution in [-0.4, -0.2) is 25.2 Å². The molecule has 0 bridgehead atoms. The summed E-state index contributed by atoms with van der Waals surface area (Å²) < 4.78 is 10.9. The molecule has 0 saturated carbocycles. The molecule has 0 rings (SSSR count). The number of carbonyl (C=O) groups is 2. The highest BCUT2D eigenvalue weighted by atomic mass is 16.6. The van der Waals surface area contributed by atoms with Gasteiger partial charge in [-0.15, -0.1) is 0 Å². The largest absolute Gasteiger partial charge is 0.465 e. The Morgan fingerprint density at radius 3 is 0.767 bits per heavy atom. The molecule has 0 heterocycles. The number of hydrogen-bond donors (Lipinski definition) is 0. The van der Waals surface area contributed by atoms with Crippen LogP contribution in [0, 0.1) is 5.41 Å². The van der Waals surface area contributed by atoms with E-state index >= 15 is 0 Å². The predicted molar refractivity (Wildman–Crippen MR) is 186 cm³/mol. The maximum absolute atomic E-state index is 13.2. The van der Waals surface area contributed by atoms with Crippen molar-refractivity contribution in [3.63, 3.8) is 0 Å². The van der Waals surface area contributed by atoms with Gasteiger partial charge in [0.15, 0.2) is 5.41 Å². The van der Waals surface area contributed by atoms with Gasteiger partial charge in [-0.25, -0.2) is 0 Å². The Bertz CT molecular complexity index is 584. The van der Waals surface area contributed by atoms with Crippen LogP contribution in [0.2, 0.25) is 0 Å². The van der Waals surface area contributed by atoms with Crippen LogP contribution in [0.25, 0.3) is 0 Å². The van der Waals surface area contributed by atoms with Gasteiger partial charge in [-0.2, -0.15) is 0 Å². The Labute approximate surface area is 269 Å². The van der Waals surface area contributed by atoms with Crippen molar-refractivity contribution >= 4 is 11.9 Å². The molecular formula is C39H76O4. The topological polar surface area (TPSA) is 52.6 Å². The lowest BCUT2D eigenvalue weighted by Crippen LogP contribution is -2.42. The van der Waals surface area contributed by atoms with Crippen molar-refractivity contribution in [1.29, 1.82) is 0 Å². The standard InChI is InChI=1S/C39H76O4/c1-5-9-11-13-15-17-19-21-22-23-24-26-28-30-32-34-36-39(37(40)42-7-3,38(41)43-8-4)35-33-31-29-27-25-20-18-16-14-12-10-6-2/h5-36H2,1-4H3. The van der Waals surface area contributed by atoms with Gasteiger partial charge in [-0.3, -0.25) is 9.59 Å². The molecule has 0 aromatic heterocycles. The van der Waals surface area contributed by atoms with E-state index in [0.29, 0.717) is 26.1 Å². The average Bonchev–Trinajstić information content (AvgIpc) is 3.00. The summed E-state index contributed by atoms with van der Waals surface area (Å²) in [6, 6.07) is 0. The summed E-state index contributed by atoms with van der Waals surface area (Å²) in [5.74, 6) is -0.727. The van der Waals surface area contributed by atoms with Gasteiger partial charge in [0.25, 0.3) is 0 Å². The minimum Gasteiger partial charge on any atom is -0.465 e. The lowest BCUT2D eigenvalue weighted by molar-refractivity contribution is -0.173. The van der Waals surface area contributed by atoms with Crippen LogP contribution >= 0.6 is 0 Å². The van der Waals surface area contributed by atoms with Gasteiger partial charge in [-0.05, 0) is 26.7 Å². The highest BCUT2D eigenvalue weighted by molar-refractivity contribution is 6.00. The van der Waals surface area contributed by atoms with E-state index in [1.54, 1.807) is 0 Å². The number of unbranched alkanes of at least 4 members (excludes halogenated alkanes) is 26. The summed E-state index contributed by atoms with van der Waals surface area (Å²) in [6.45, 7) is 8.81. The second kappa shape index (κ2) is 32.3. The van der Waals surface area contributed by atoms with Crippen molar-refractivity contribution in [3.8, 4) is 0 Å². The minimum absolute atomic E-state index is 0.303. The Kier molecular flexibility index (Phi) is 31.5. The minimum atomic E-state index is -1.12. The maximum atomic E-state index is 13.2. The van der Waals surface area contributed by atoms with Crippen LogP contribution in [0.1, 0.15) is 220 Å². The lowest BCUT2D eigenvalue weighted by atomic mass is 9.77. The Morgan fingerprint density at radius 2 is 0.558 bits per heavy atom. The molecule has 0 atom stereocenters. The summed E-state index contributed by atoms with van der Waals surface area (Å²) in [5, 5.41) is 0. The SMILES string of the molecule is CCCCCCCCCCCCCCCCCCC(CCCCCCCCCCCCCC)(C(=O)OCC)C(=O)OCC. The molecule has 0 saturated heterocycles. The van der Waals surface area contributed by atoms with E-state index in [-0.39, 0.29) is 11.9 Å². The molecule has 4 heteroatoms. The van der Waals surface area contributed by atoms with Crippen molar-refractivity contribution in [2.75, 3.05) is 13.2 Å². The zero-order chi connectivity index (χ0) is 31.7. The highest BCUT2D eigenvalue weighted by Gasteiger charge is 2.47. The predicted octanol–water partition coefficient (Wildman–Crippen LogP) is 12.8. The first kappa shape index (κ1) is 41.9. The van der Waals surface area contributed by atoms with E-state index in [2.05, 4.69) is 13.8 Å². The molecule has 0 aromatic rings. The van der Waals surface area contributed by atoms with Crippen LogP contribution in [0.3, 0.4) is 0 Å². The van der Waals surface area contributed by atoms with Crippen molar-refractivity contribution in [1.82, 2.24) is 0 Å². The first-order valence-electron chi connectivity index (χ1n) is 19.4. The molecule has 0 spiro atoms. The van der Waals surface area contributed by atoms with Crippen molar-refractivity contribution in [2.24, 2.45) is 5.41 Å². The Morgan fingerprint density at radius 1 is 0.349 bits per heavy atom. The van der Waals surface area contributed by atoms with Gasteiger partial charge >= 0.3 is 11.9 Å². The fraction of sp³-hybridized carbons (Fsp3) is 0.949. The average molecular weight is 609 g/mol. The molecule has 0 fully saturated rings. The van der Waals surface area contributed by atoms with Gasteiger partial charge in [-0.1, -0.05) is 194 Å². The van der Waals surface area contributed by atoms with E-state index < -0.39 is 5.41 Å². The molecule has 4 nitrogen and oxygen atoms in total. The monoisotopic (exact) mass is 609 g/mol. The smallest absolute Gasteiger partial charge is 0.323 e. The lowest BCUT2D eigenvalue weighted by Gasteiger charge is -2.29. The van der Waals surface area contributed by atoms with Crippen LogP contribution in [0.15, 0.2) is 0 Å². The molecule has 0 aromatic carbocycles. The fourth-order valence-electron chi connectivity index (χ4n) is 6.40. The summed E-state index contributed by atoms with van der Waals surface area (Å²) in [4.78, 5) is 26.4. The summed E-state index contributed by atoms with van der Waals surface area (Å²) >= 11 is 0. The molecular weight excluding hydrogens is 532 g/mol. The van der Waals surface area contributed by atoms with E-state index in [0.717, 1.165) is 25.7 Å². The third-order valence-electron chi connectivity index (χ3n) is 9.25. The molecule has 0 N–H and O–H groups in total. The van der Waals surface area contributed by atoms with Crippen molar-refractivity contribution in [3.05, 3.63) is 0 Å². The molecule has 0 aliphatic rings. The quantitative estimate of drug-likeness (QED) is 0.0414. The molecule has 0 aliphatic heterocycles. The number of rotatable bonds is 34. The number of hydrogen-bond acceptors (Lipinski definition) is 4. The number of esters is 2. The highest BCUT2D eigenvalue weighted by Crippen LogP contribution is 2.35. The van der Waals surface area contributed by atoms with E-state index in [4.69, 9.17) is 9.47 Å². The van der Waals surface area contributed by atoms with Crippen LogP contribution in [-0.2, 0) is 19.1 Å². The fourth-order valence-corrected chi connectivity index (χ4v) is 6.40. The summed E-state index contributed by atoms with van der Waals surface area (Å²) in [6.07, 6.45) is 37.3. The van der Waals surface area contributed by atoms with Crippen LogP contribution in [0.4, 0.5) is 0 Å². The first-order chi connectivity index (χ1) is 21.1. The Hall–Kier alpha value is -1.06. The summed E-state index contributed by atoms with van der Waals surface area (Å²) in [7, 11) is 0. The first-order valence-corrected chi connectivity index (χ1v) is 19.4. The third kappa shape index (κ3) is 23.9. The maximum Gasteiger partial charge on any atom is 0.323 e. The molecule has 0 amide bonds. The zero-order valence-corrected chi connectivity index (χ0v) is 29.8. The third-order valence-corrected chi connectivity index (χ3v) is 9.25. The number of carbonyl (C=O) groups excluding carboxylic acids is 2. The van der Waals surface area contributed by atoms with Gasteiger partial charge in [0, 0.05) is 0 Å². The molecule has 256 valence electrons. The van der Waals surface area contributed by atoms with Gasteiger partial charge < -0.3 is 9.47 Å². The molecule has 0 unspecified atom stereocenters. The van der Waals surface area contributed by atoms with Gasteiger partial charge in [0.1, 0.15) is 0 Å². The van der Waals surface area contributed by atoms with E-state index in [1.165, 1.54) is 154 Å². The van der Waals surface area contributed by atoms with Gasteiger partial charge in [0.05, 0.1) is 13.2 Å². The Balaban J connectivity index is 4.28. The normalized spacial score (nSPS) is 11.6. The molecule has 0 aliphatic carbocycles. The van der Waals surface area contributed by atoms with Gasteiger partial charge in [0.2, 0.25) is 0 Å². The second-order valence-electron chi connectivity index (χ2n) is 13.2. The van der Waals surface area contributed by atoms with Crippen molar-refractivity contribution < 1.29 is 19.1 Å². The van der Waals surface area contributed by atoms with E-state index in [1.807, 2.05) is 13.8 Å². The van der Waals surface area contributed by atoms with Crippen molar-refractivity contribution in [2.45, 2.75) is 220 Å². The van der Waals surface area contributed by atoms with Crippen LogP contribution in [0.5, 0.6) is 0 Å². The summed E-state index contributed by atoms with van der Waals surface area (Å²) in [5.41, 5.74) is -1.12. The molecule has 0 radical (unpaired) electrons. The second-order valence-corrected chi connectivity index (χ2v) is 13.2. The van der Waals surface area contributed by atoms with E-state index in [9.17, 15) is 9.59 Å². The zero-order valence-electron chi connectivity index (χ0n) is 29.8. The van der Waals surface area contributed by atoms with Crippen LogP contribution < -0.4 is 0 Å². The number of ether oxygens (including phenoxy) is 2.